The third-order valence-electron chi connectivity index (χ3n) is 2.12. The van der Waals surface area contributed by atoms with Gasteiger partial charge in [0.05, 0.1) is 19.4 Å². The Balaban J connectivity index is 2.60. The van der Waals surface area contributed by atoms with Crippen LogP contribution in [0.5, 0.6) is 17.2 Å². The topological polar surface area (TPSA) is 73.9 Å². The summed E-state index contributed by atoms with van der Waals surface area (Å²) in [4.78, 5) is 0. The maximum absolute atomic E-state index is 9.04. The van der Waals surface area contributed by atoms with Gasteiger partial charge in [0.25, 0.3) is 0 Å². The first-order valence-electron chi connectivity index (χ1n) is 4.13. The van der Waals surface area contributed by atoms with Crippen LogP contribution in [0.15, 0.2) is 6.07 Å². The van der Waals surface area contributed by atoms with Crippen molar-refractivity contribution in [2.24, 2.45) is 0 Å². The number of nitrogen functional groups attached to an aromatic ring is 1. The van der Waals surface area contributed by atoms with Crippen molar-refractivity contribution in [1.82, 2.24) is 0 Å². The smallest absolute Gasteiger partial charge is 0.231 e. The number of ether oxygens (including phenoxy) is 3. The number of benzene rings is 1. The minimum Gasteiger partial charge on any atom is -0.491 e. The summed E-state index contributed by atoms with van der Waals surface area (Å²) in [6.07, 6.45) is 0. The van der Waals surface area contributed by atoms with E-state index in [9.17, 15) is 0 Å². The van der Waals surface area contributed by atoms with E-state index in [-0.39, 0.29) is 13.4 Å². The van der Waals surface area contributed by atoms with Gasteiger partial charge in [0.1, 0.15) is 0 Å². The zero-order valence-electron chi connectivity index (χ0n) is 7.74. The van der Waals surface area contributed by atoms with E-state index < -0.39 is 0 Å². The summed E-state index contributed by atoms with van der Waals surface area (Å²) in [5, 5.41) is 9.04. The predicted molar refractivity (Wildman–Crippen MR) is 49.5 cm³/mol. The summed E-state index contributed by atoms with van der Waals surface area (Å²) < 4.78 is 15.5. The van der Waals surface area contributed by atoms with Gasteiger partial charge in [0.15, 0.2) is 11.5 Å². The number of hydrogen-bond acceptors (Lipinski definition) is 5. The normalized spacial score (nSPS) is 13.0. The first kappa shape index (κ1) is 8.96. The van der Waals surface area contributed by atoms with Gasteiger partial charge in [-0.25, -0.2) is 0 Å². The third-order valence-corrected chi connectivity index (χ3v) is 2.12. The summed E-state index contributed by atoms with van der Waals surface area (Å²) >= 11 is 0. The van der Waals surface area contributed by atoms with Crippen molar-refractivity contribution >= 4 is 5.69 Å². The van der Waals surface area contributed by atoms with Crippen LogP contribution in [0.1, 0.15) is 5.56 Å². The molecule has 1 heterocycles. The van der Waals surface area contributed by atoms with Gasteiger partial charge in [-0.15, -0.1) is 0 Å². The van der Waals surface area contributed by atoms with Crippen LogP contribution in [0.4, 0.5) is 5.69 Å². The van der Waals surface area contributed by atoms with E-state index in [1.54, 1.807) is 6.07 Å². The number of aliphatic hydroxyl groups is 1. The molecular formula is C9H11NO4. The van der Waals surface area contributed by atoms with Crippen molar-refractivity contribution < 1.29 is 19.3 Å². The molecule has 0 saturated heterocycles. The van der Waals surface area contributed by atoms with Crippen LogP contribution in [-0.2, 0) is 6.61 Å². The van der Waals surface area contributed by atoms with Crippen molar-refractivity contribution in [3.05, 3.63) is 11.6 Å². The molecule has 0 aliphatic carbocycles. The molecule has 0 atom stereocenters. The molecule has 2 rings (SSSR count). The van der Waals surface area contributed by atoms with Gasteiger partial charge in [0.2, 0.25) is 12.5 Å². The second-order valence-electron chi connectivity index (χ2n) is 2.87. The fourth-order valence-electron chi connectivity index (χ4n) is 1.41. The fraction of sp³-hybridized carbons (Fsp3) is 0.333. The first-order valence-corrected chi connectivity index (χ1v) is 4.13. The van der Waals surface area contributed by atoms with Crippen molar-refractivity contribution in [3.63, 3.8) is 0 Å². The maximum atomic E-state index is 9.04. The molecule has 1 aliphatic heterocycles. The molecule has 1 aromatic carbocycles. The Morgan fingerprint density at radius 3 is 3.00 bits per heavy atom. The molecule has 76 valence electrons. The van der Waals surface area contributed by atoms with E-state index in [1.165, 1.54) is 7.11 Å². The number of nitrogens with two attached hydrogens (primary N) is 1. The number of fused-ring (bicyclic) bond motifs is 1. The van der Waals surface area contributed by atoms with Crippen LogP contribution in [0.2, 0.25) is 0 Å². The highest BCUT2D eigenvalue weighted by Crippen LogP contribution is 2.46. The predicted octanol–water partition coefficient (Wildman–Crippen LogP) is 0.498. The summed E-state index contributed by atoms with van der Waals surface area (Å²) in [5.41, 5.74) is 6.72. The van der Waals surface area contributed by atoms with E-state index in [0.29, 0.717) is 28.5 Å². The van der Waals surface area contributed by atoms with Crippen molar-refractivity contribution in [1.29, 1.82) is 0 Å². The first-order chi connectivity index (χ1) is 6.77. The fourth-order valence-corrected chi connectivity index (χ4v) is 1.41. The summed E-state index contributed by atoms with van der Waals surface area (Å²) in [5.74, 6) is 1.48. The third kappa shape index (κ3) is 1.13. The number of aliphatic hydroxyl groups excluding tert-OH is 1. The van der Waals surface area contributed by atoms with E-state index in [2.05, 4.69) is 0 Å². The van der Waals surface area contributed by atoms with Gasteiger partial charge >= 0.3 is 0 Å². The molecule has 0 aromatic heterocycles. The van der Waals surface area contributed by atoms with Gasteiger partial charge in [-0.2, -0.15) is 0 Å². The molecule has 1 aliphatic rings. The minimum atomic E-state index is -0.154. The molecule has 0 amide bonds. The van der Waals surface area contributed by atoms with E-state index >= 15 is 0 Å². The Bertz CT molecular complexity index is 364. The monoisotopic (exact) mass is 197 g/mol. The van der Waals surface area contributed by atoms with Crippen LogP contribution < -0.4 is 19.9 Å². The van der Waals surface area contributed by atoms with Crippen LogP contribution in [-0.4, -0.2) is 19.0 Å². The highest BCUT2D eigenvalue weighted by molar-refractivity contribution is 5.70. The molecule has 1 aromatic rings. The Morgan fingerprint density at radius 1 is 1.57 bits per heavy atom. The molecule has 0 bridgehead atoms. The van der Waals surface area contributed by atoms with Gasteiger partial charge in [-0.05, 0) is 6.07 Å². The lowest BCUT2D eigenvalue weighted by Gasteiger charge is -2.10. The average Bonchev–Trinajstić information content (AvgIpc) is 2.64. The van der Waals surface area contributed by atoms with E-state index in [4.69, 9.17) is 25.1 Å². The molecule has 0 unspecified atom stereocenters. The molecule has 0 saturated carbocycles. The number of hydrogen-bond donors (Lipinski definition) is 2. The SMILES string of the molecule is COc1c(N)c(CO)cc2c1OCO2. The van der Waals surface area contributed by atoms with Gasteiger partial charge in [0, 0.05) is 5.56 Å². The second-order valence-corrected chi connectivity index (χ2v) is 2.87. The molecular weight excluding hydrogens is 186 g/mol. The largest absolute Gasteiger partial charge is 0.491 e. The molecule has 5 heteroatoms. The Hall–Kier alpha value is -1.62. The quantitative estimate of drug-likeness (QED) is 0.675. The van der Waals surface area contributed by atoms with Gasteiger partial charge in [-0.1, -0.05) is 0 Å². The molecule has 3 N–H and O–H groups in total. The summed E-state index contributed by atoms with van der Waals surface area (Å²) in [6.45, 7) is -0.00114. The maximum Gasteiger partial charge on any atom is 0.231 e. The molecule has 5 nitrogen and oxygen atoms in total. The van der Waals surface area contributed by atoms with Crippen molar-refractivity contribution in [2.45, 2.75) is 6.61 Å². The molecule has 0 radical (unpaired) electrons. The highest BCUT2D eigenvalue weighted by atomic mass is 16.7. The lowest BCUT2D eigenvalue weighted by Crippen LogP contribution is -1.99. The second kappa shape index (κ2) is 3.26. The summed E-state index contributed by atoms with van der Waals surface area (Å²) in [7, 11) is 1.49. The van der Waals surface area contributed by atoms with Gasteiger partial charge < -0.3 is 25.1 Å². The molecule has 0 fully saturated rings. The van der Waals surface area contributed by atoms with Crippen LogP contribution in [0.25, 0.3) is 0 Å². The molecule has 14 heavy (non-hydrogen) atoms. The zero-order chi connectivity index (χ0) is 10.1. The van der Waals surface area contributed by atoms with Gasteiger partial charge in [-0.3, -0.25) is 0 Å². The van der Waals surface area contributed by atoms with Crippen molar-refractivity contribution in [2.75, 3.05) is 19.6 Å². The Morgan fingerprint density at radius 2 is 2.36 bits per heavy atom. The standard InChI is InChI=1S/C9H11NO4/c1-12-9-7(10)5(3-11)2-6-8(9)14-4-13-6/h2,11H,3-4,10H2,1H3. The summed E-state index contributed by atoms with van der Waals surface area (Å²) in [6, 6.07) is 1.65. The number of anilines is 1. The minimum absolute atomic E-state index is 0.153. The van der Waals surface area contributed by atoms with Crippen LogP contribution in [0.3, 0.4) is 0 Å². The number of rotatable bonds is 2. The highest BCUT2D eigenvalue weighted by Gasteiger charge is 2.23. The van der Waals surface area contributed by atoms with E-state index in [0.717, 1.165) is 0 Å². The lowest BCUT2D eigenvalue weighted by atomic mass is 10.1. The van der Waals surface area contributed by atoms with E-state index in [1.807, 2.05) is 0 Å². The number of methoxy groups -OCH3 is 1. The van der Waals surface area contributed by atoms with Crippen molar-refractivity contribution in [3.8, 4) is 17.2 Å². The Labute approximate surface area is 81.0 Å². The molecule has 0 spiro atoms. The zero-order valence-corrected chi connectivity index (χ0v) is 7.74. The Kier molecular flexibility index (Phi) is 2.09. The van der Waals surface area contributed by atoms with Crippen LogP contribution >= 0.6 is 0 Å². The van der Waals surface area contributed by atoms with Crippen LogP contribution in [0, 0.1) is 0 Å². The lowest BCUT2D eigenvalue weighted by molar-refractivity contribution is 0.171. The average molecular weight is 197 g/mol.